The molecule has 0 spiro atoms. The number of unbranched alkanes of at least 4 members (excludes halogenated alkanes) is 2. The van der Waals surface area contributed by atoms with Crippen LogP contribution in [-0.2, 0) is 52.2 Å². The lowest BCUT2D eigenvalue weighted by Crippen LogP contribution is -2.63. The number of amides is 3. The molecule has 1 aliphatic rings. The van der Waals surface area contributed by atoms with E-state index in [9.17, 15) is 51.7 Å². The van der Waals surface area contributed by atoms with Crippen molar-refractivity contribution in [2.24, 2.45) is 0 Å². The number of rotatable bonds is 36. The molecule has 5 atom stereocenters. The third-order valence-corrected chi connectivity index (χ3v) is 8.81. The second-order valence-corrected chi connectivity index (χ2v) is 13.7. The van der Waals surface area contributed by atoms with Gasteiger partial charge in [-0.05, 0) is 12.8 Å². The largest absolute Gasteiger partial charge is 0.420 e. The molecule has 0 aliphatic carbocycles. The monoisotopic (exact) mass is 923 g/mol. The Morgan fingerprint density at radius 2 is 0.984 bits per heavy atom. The Labute approximate surface area is 362 Å². The number of nitrogens with one attached hydrogen (secondary N) is 3. The fourth-order valence-corrected chi connectivity index (χ4v) is 5.63. The average Bonchev–Trinajstić information content (AvgIpc) is 3.26. The van der Waals surface area contributed by atoms with Crippen LogP contribution in [0.15, 0.2) is 0 Å². The Kier molecular flexibility index (Phi) is 30.1. The number of aliphatic hydroxyl groups excluding tert-OH is 3. The molecule has 0 saturated carbocycles. The van der Waals surface area contributed by atoms with Gasteiger partial charge in [0.15, 0.2) is 0 Å². The predicted molar refractivity (Wildman–Crippen MR) is 208 cm³/mol. The highest BCUT2D eigenvalue weighted by molar-refractivity contribution is 5.74. The smallest absolute Gasteiger partial charge is 0.314 e. The maximum atomic E-state index is 13.6. The summed E-state index contributed by atoms with van der Waals surface area (Å²) in [4.78, 5) is 35.1. The van der Waals surface area contributed by atoms with Crippen LogP contribution in [0.4, 0.5) is 26.7 Å². The third-order valence-electron chi connectivity index (χ3n) is 8.81. The number of carbonyl (C=O) groups is 3. The molecule has 0 unspecified atom stereocenters. The van der Waals surface area contributed by atoms with Crippen molar-refractivity contribution < 1.29 is 99.0 Å². The van der Waals surface area contributed by atoms with E-state index in [4.69, 9.17) is 42.6 Å². The molecule has 19 nitrogen and oxygen atoms in total. The van der Waals surface area contributed by atoms with Crippen molar-refractivity contribution in [2.75, 3.05) is 125 Å². The Morgan fingerprint density at radius 3 is 1.44 bits per heavy atom. The van der Waals surface area contributed by atoms with Gasteiger partial charge < -0.3 is 78.6 Å². The highest BCUT2D eigenvalue weighted by atomic mass is 19.2. The maximum Gasteiger partial charge on any atom is 0.314 e. The van der Waals surface area contributed by atoms with E-state index in [-0.39, 0.29) is 45.0 Å². The molecule has 1 aromatic carbocycles. The minimum absolute atomic E-state index is 0.0573. The summed E-state index contributed by atoms with van der Waals surface area (Å²) in [6.07, 6.45) is -1.64. The van der Waals surface area contributed by atoms with Crippen molar-refractivity contribution in [3.05, 3.63) is 29.1 Å². The zero-order chi connectivity index (χ0) is 46.2. The van der Waals surface area contributed by atoms with Gasteiger partial charge in [-0.1, -0.05) is 12.8 Å². The van der Waals surface area contributed by atoms with Gasteiger partial charge in [0.25, 0.3) is 0 Å². The summed E-state index contributed by atoms with van der Waals surface area (Å²) in [7, 11) is 0. The summed E-state index contributed by atoms with van der Waals surface area (Å²) in [5, 5.41) is 37.9. The van der Waals surface area contributed by atoms with Crippen molar-refractivity contribution in [3.8, 4) is 5.75 Å². The molecule has 6 N–H and O–H groups in total. The van der Waals surface area contributed by atoms with E-state index in [1.807, 2.05) is 0 Å². The molecule has 0 bridgehead atoms. The van der Waals surface area contributed by atoms with E-state index in [1.165, 1.54) is 6.92 Å². The summed E-state index contributed by atoms with van der Waals surface area (Å²) < 4.78 is 120. The lowest BCUT2D eigenvalue weighted by molar-refractivity contribution is -0.196. The lowest BCUT2D eigenvalue weighted by atomic mass is 9.90. The molecule has 63 heavy (non-hydrogen) atoms. The van der Waals surface area contributed by atoms with E-state index in [0.29, 0.717) is 92.2 Å². The van der Waals surface area contributed by atoms with Gasteiger partial charge in [0.1, 0.15) is 18.3 Å². The molecule has 1 fully saturated rings. The first-order valence-corrected chi connectivity index (χ1v) is 20.6. The molecular weight excluding hydrogens is 861 g/mol. The number of hydrogen-bond acceptors (Lipinski definition) is 16. The van der Waals surface area contributed by atoms with Crippen LogP contribution in [0, 0.1) is 29.1 Å². The van der Waals surface area contributed by atoms with Crippen LogP contribution in [0.25, 0.3) is 0 Å². The van der Waals surface area contributed by atoms with E-state index in [2.05, 4.69) is 20.7 Å². The van der Waals surface area contributed by atoms with Crippen molar-refractivity contribution >= 4 is 17.9 Å². The molecule has 0 aromatic heterocycles. The van der Waals surface area contributed by atoms with E-state index >= 15 is 0 Å². The van der Waals surface area contributed by atoms with Crippen molar-refractivity contribution in [3.63, 3.8) is 0 Å². The van der Waals surface area contributed by atoms with Crippen molar-refractivity contribution in [1.82, 2.24) is 16.0 Å². The second-order valence-electron chi connectivity index (χ2n) is 13.7. The molecule has 3 amide bonds. The predicted octanol–water partition coefficient (Wildman–Crippen LogP) is 0.656. The highest BCUT2D eigenvalue weighted by Crippen LogP contribution is 2.29. The lowest BCUT2D eigenvalue weighted by Gasteiger charge is -2.42. The number of halogens is 5. The van der Waals surface area contributed by atoms with Crippen LogP contribution >= 0.6 is 0 Å². The maximum absolute atomic E-state index is 13.6. The molecule has 24 heteroatoms. The van der Waals surface area contributed by atoms with E-state index < -0.39 is 84.3 Å². The fourth-order valence-electron chi connectivity index (χ4n) is 5.63. The normalized spacial score (nSPS) is 18.7. The summed E-state index contributed by atoms with van der Waals surface area (Å²) in [6, 6.07) is -1.11. The van der Waals surface area contributed by atoms with Crippen LogP contribution < -0.4 is 20.7 Å². The summed E-state index contributed by atoms with van der Waals surface area (Å²) in [5.74, 6) is -14.6. The van der Waals surface area contributed by atoms with Gasteiger partial charge in [-0.15, -0.1) is 0 Å². The SMILES string of the molecule is CC(=O)N[C@@H]1[C@@H](O)[C@@H](O)[C@@H](CO)O[C@@H]1CCCCCOCCOCCNC(=O)NCCOCCOCCOCCOCCOCCOCCC(=O)Oc1c(F)c(F)c(F)c(F)c1F. The van der Waals surface area contributed by atoms with Gasteiger partial charge in [0, 0.05) is 26.6 Å². The molecule has 1 saturated heterocycles. The van der Waals surface area contributed by atoms with Gasteiger partial charge in [0.05, 0.1) is 124 Å². The van der Waals surface area contributed by atoms with E-state index in [0.717, 1.165) is 19.3 Å². The number of aliphatic hydroxyl groups is 3. The molecule has 0 radical (unpaired) electrons. The number of ether oxygens (including phenoxy) is 10. The van der Waals surface area contributed by atoms with E-state index in [1.54, 1.807) is 0 Å². The average molecular weight is 924 g/mol. The van der Waals surface area contributed by atoms with Crippen molar-refractivity contribution in [2.45, 2.75) is 69.5 Å². The Hall–Kier alpha value is -3.40. The van der Waals surface area contributed by atoms with Crippen LogP contribution in [-0.4, -0.2) is 189 Å². The van der Waals surface area contributed by atoms with Gasteiger partial charge in [-0.25, -0.2) is 18.0 Å². The van der Waals surface area contributed by atoms with Crippen LogP contribution in [0.2, 0.25) is 0 Å². The first kappa shape index (κ1) is 55.7. The molecule has 1 aromatic rings. The number of esters is 1. The minimum atomic E-state index is -2.36. The quantitative estimate of drug-likeness (QED) is 0.0135. The van der Waals surface area contributed by atoms with Crippen molar-refractivity contribution in [1.29, 1.82) is 0 Å². The Morgan fingerprint density at radius 1 is 0.556 bits per heavy atom. The van der Waals surface area contributed by atoms with Crippen LogP contribution in [0.1, 0.15) is 39.0 Å². The zero-order valence-corrected chi connectivity index (χ0v) is 35.4. The third kappa shape index (κ3) is 23.4. The topological polar surface area (TPSA) is 240 Å². The number of carbonyl (C=O) groups excluding carboxylic acids is 3. The van der Waals surface area contributed by atoms with Crippen LogP contribution in [0.5, 0.6) is 5.75 Å². The molecule has 1 aliphatic heterocycles. The van der Waals surface area contributed by atoms with Gasteiger partial charge in [-0.3, -0.25) is 9.59 Å². The Balaban J connectivity index is 1.26. The first-order valence-electron chi connectivity index (χ1n) is 20.6. The summed E-state index contributed by atoms with van der Waals surface area (Å²) in [6.45, 7) is 5.91. The number of urea groups is 1. The molecule has 364 valence electrons. The molecule has 1 heterocycles. The highest BCUT2D eigenvalue weighted by Gasteiger charge is 2.44. The fraction of sp³-hybridized carbons (Fsp3) is 0.769. The molecule has 2 rings (SSSR count). The number of hydrogen-bond donors (Lipinski definition) is 6. The summed E-state index contributed by atoms with van der Waals surface area (Å²) in [5.41, 5.74) is 0. The first-order chi connectivity index (χ1) is 30.4. The second kappa shape index (κ2) is 34.0. The zero-order valence-electron chi connectivity index (χ0n) is 35.4. The number of benzene rings is 1. The standard InChI is InChI=1S/C39H62F5N3O16/c1-26(49)47-35-27(62-28(25-48)36(51)37(35)52)5-3-2-4-9-54-13-15-56-11-7-45-39(53)46-8-12-57-16-18-59-20-22-61-24-23-60-21-19-58-17-14-55-10-6-29(50)63-38-33(43)31(41)30(40)32(42)34(38)44/h27-28,35-37,48,51-52H,2-25H2,1H3,(H,47,49)(H2,45,46,53)/t27-,28-,35+,36+,37-/m1/s1. The van der Waals surface area contributed by atoms with Gasteiger partial charge >= 0.3 is 12.0 Å². The van der Waals surface area contributed by atoms with Crippen LogP contribution in [0.3, 0.4) is 0 Å². The summed E-state index contributed by atoms with van der Waals surface area (Å²) >= 11 is 0. The molecular formula is C39H62F5N3O16. The Bertz CT molecular complexity index is 1420. The van der Waals surface area contributed by atoms with Gasteiger partial charge in [-0.2, -0.15) is 8.78 Å². The van der Waals surface area contributed by atoms with Gasteiger partial charge in [0.2, 0.25) is 40.7 Å². The minimum Gasteiger partial charge on any atom is -0.420 e.